The topological polar surface area (TPSA) is 52.7 Å². The number of anilines is 1. The lowest BCUT2D eigenvalue weighted by Crippen LogP contribution is -2.44. The second-order valence-corrected chi connectivity index (χ2v) is 9.47. The first-order valence-electron chi connectivity index (χ1n) is 9.20. The molecule has 3 aliphatic rings. The maximum Gasteiger partial charge on any atom is 0.217 e. The van der Waals surface area contributed by atoms with Gasteiger partial charge in [-0.15, -0.1) is 12.4 Å². The normalized spacial score (nSPS) is 22.4. The fraction of sp³-hybridized carbons (Fsp3) is 0.667. The average molecular weight is 386 g/mol. The number of nitrogens with one attached hydrogen (secondary N) is 1. The van der Waals surface area contributed by atoms with Gasteiger partial charge in [-0.2, -0.15) is 0 Å². The number of para-hydroxylation sites is 1. The summed E-state index contributed by atoms with van der Waals surface area (Å²) in [4.78, 5) is 2.41. The van der Waals surface area contributed by atoms with Crippen LogP contribution in [0.5, 0.6) is 0 Å². The second kappa shape index (κ2) is 7.82. The van der Waals surface area contributed by atoms with Crippen LogP contribution in [-0.2, 0) is 23.0 Å². The third kappa shape index (κ3) is 3.82. The summed E-state index contributed by atoms with van der Waals surface area (Å²) in [6.07, 6.45) is 4.68. The number of nitrogens with zero attached hydrogens (tertiary/aromatic N) is 2. The Kier molecular flexibility index (Phi) is 5.93. The summed E-state index contributed by atoms with van der Waals surface area (Å²) < 4.78 is 27.1. The van der Waals surface area contributed by atoms with Crippen molar-refractivity contribution in [2.24, 2.45) is 0 Å². The molecule has 0 saturated carbocycles. The summed E-state index contributed by atoms with van der Waals surface area (Å²) in [5.74, 6) is 0. The minimum Gasteiger partial charge on any atom is -0.384 e. The van der Waals surface area contributed by atoms with Crippen LogP contribution >= 0.6 is 12.4 Å². The van der Waals surface area contributed by atoms with Crippen molar-refractivity contribution in [2.45, 2.75) is 43.9 Å². The van der Waals surface area contributed by atoms with Crippen LogP contribution in [0.4, 0.5) is 5.69 Å². The molecule has 0 unspecified atom stereocenters. The summed E-state index contributed by atoms with van der Waals surface area (Å²) in [5, 5.41) is 3.32. The standard InChI is InChI=1S/C18H27N3O2S.ClH/c22-24(23,21-10-1-2-11-21)17-7-12-20(13-8-17)14-16-5-3-4-15-6-9-19-18(15)16;/h3-5,17,19H,1-2,6-14H2;1H. The van der Waals surface area contributed by atoms with Crippen LogP contribution in [0.15, 0.2) is 18.2 Å². The molecule has 25 heavy (non-hydrogen) atoms. The quantitative estimate of drug-likeness (QED) is 0.865. The van der Waals surface area contributed by atoms with E-state index in [1.165, 1.54) is 16.8 Å². The van der Waals surface area contributed by atoms with Gasteiger partial charge in [-0.3, -0.25) is 4.90 Å². The van der Waals surface area contributed by atoms with Crippen molar-refractivity contribution in [3.05, 3.63) is 29.3 Å². The van der Waals surface area contributed by atoms with E-state index in [-0.39, 0.29) is 17.7 Å². The molecule has 4 rings (SSSR count). The zero-order chi connectivity index (χ0) is 16.6. The van der Waals surface area contributed by atoms with Crippen molar-refractivity contribution in [1.29, 1.82) is 0 Å². The molecule has 7 heteroatoms. The highest BCUT2D eigenvalue weighted by molar-refractivity contribution is 7.89. The molecule has 0 aliphatic carbocycles. The number of hydrogen-bond donors (Lipinski definition) is 1. The largest absolute Gasteiger partial charge is 0.384 e. The predicted molar refractivity (Wildman–Crippen MR) is 104 cm³/mol. The van der Waals surface area contributed by atoms with E-state index in [0.29, 0.717) is 0 Å². The first-order chi connectivity index (χ1) is 11.6. The summed E-state index contributed by atoms with van der Waals surface area (Å²) in [6.45, 7) is 5.16. The zero-order valence-electron chi connectivity index (χ0n) is 14.6. The SMILES string of the molecule is Cl.O=S(=O)(C1CCN(Cc2cccc3c2NCC3)CC1)N1CCCC1. The summed E-state index contributed by atoms with van der Waals surface area (Å²) >= 11 is 0. The third-order valence-electron chi connectivity index (χ3n) is 5.71. The Morgan fingerprint density at radius 3 is 2.52 bits per heavy atom. The Hall–Kier alpha value is -0.820. The number of hydrogen-bond acceptors (Lipinski definition) is 4. The maximum atomic E-state index is 12.7. The molecule has 140 valence electrons. The van der Waals surface area contributed by atoms with Gasteiger partial charge in [-0.25, -0.2) is 12.7 Å². The van der Waals surface area contributed by atoms with E-state index in [9.17, 15) is 8.42 Å². The zero-order valence-corrected chi connectivity index (χ0v) is 16.2. The highest BCUT2D eigenvalue weighted by Crippen LogP contribution is 2.29. The Morgan fingerprint density at radius 2 is 1.80 bits per heavy atom. The predicted octanol–water partition coefficient (Wildman–Crippen LogP) is 2.47. The van der Waals surface area contributed by atoms with Gasteiger partial charge >= 0.3 is 0 Å². The molecule has 0 bridgehead atoms. The molecular weight excluding hydrogens is 358 g/mol. The van der Waals surface area contributed by atoms with E-state index in [1.807, 2.05) is 0 Å². The van der Waals surface area contributed by atoms with Crippen molar-refractivity contribution < 1.29 is 8.42 Å². The molecule has 3 heterocycles. The van der Waals surface area contributed by atoms with Gasteiger partial charge in [-0.05, 0) is 56.3 Å². The van der Waals surface area contributed by atoms with Crippen LogP contribution in [0.3, 0.4) is 0 Å². The molecule has 3 aliphatic heterocycles. The van der Waals surface area contributed by atoms with Gasteiger partial charge in [0.25, 0.3) is 0 Å². The summed E-state index contributed by atoms with van der Waals surface area (Å²) in [6, 6.07) is 6.55. The van der Waals surface area contributed by atoms with E-state index >= 15 is 0 Å². The van der Waals surface area contributed by atoms with Crippen LogP contribution in [0.25, 0.3) is 0 Å². The number of halogens is 1. The van der Waals surface area contributed by atoms with Crippen LogP contribution < -0.4 is 5.32 Å². The van der Waals surface area contributed by atoms with Crippen LogP contribution in [0, 0.1) is 0 Å². The van der Waals surface area contributed by atoms with Crippen molar-refractivity contribution in [3.8, 4) is 0 Å². The van der Waals surface area contributed by atoms with E-state index in [1.54, 1.807) is 4.31 Å². The van der Waals surface area contributed by atoms with Gasteiger partial charge < -0.3 is 5.32 Å². The van der Waals surface area contributed by atoms with Crippen LogP contribution in [-0.4, -0.2) is 55.6 Å². The lowest BCUT2D eigenvalue weighted by Gasteiger charge is -2.33. The number of likely N-dealkylation sites (tertiary alicyclic amines) is 1. The van der Waals surface area contributed by atoms with Crippen molar-refractivity contribution >= 4 is 28.1 Å². The van der Waals surface area contributed by atoms with Crippen molar-refractivity contribution in [1.82, 2.24) is 9.21 Å². The van der Waals surface area contributed by atoms with Gasteiger partial charge in [0.2, 0.25) is 10.0 Å². The molecule has 2 fully saturated rings. The first-order valence-corrected chi connectivity index (χ1v) is 10.7. The van der Waals surface area contributed by atoms with Gasteiger partial charge in [0, 0.05) is 31.9 Å². The summed E-state index contributed by atoms with van der Waals surface area (Å²) in [7, 11) is -3.07. The molecule has 5 nitrogen and oxygen atoms in total. The molecule has 0 radical (unpaired) electrons. The van der Waals surface area contributed by atoms with Crippen molar-refractivity contribution in [3.63, 3.8) is 0 Å². The number of sulfonamides is 1. The van der Waals surface area contributed by atoms with Gasteiger partial charge in [0.15, 0.2) is 0 Å². The van der Waals surface area contributed by atoms with E-state index in [2.05, 4.69) is 28.4 Å². The fourth-order valence-electron chi connectivity index (χ4n) is 4.30. The van der Waals surface area contributed by atoms with Gasteiger partial charge in [-0.1, -0.05) is 18.2 Å². The van der Waals surface area contributed by atoms with E-state index in [0.717, 1.165) is 71.4 Å². The Balaban J connectivity index is 0.00000182. The highest BCUT2D eigenvalue weighted by Gasteiger charge is 2.35. The molecule has 1 N–H and O–H groups in total. The molecule has 0 spiro atoms. The molecule has 0 atom stereocenters. The van der Waals surface area contributed by atoms with Gasteiger partial charge in [0.1, 0.15) is 0 Å². The second-order valence-electron chi connectivity index (χ2n) is 7.25. The Bertz CT molecular complexity index is 696. The fourth-order valence-corrected chi connectivity index (χ4v) is 6.30. The molecule has 1 aromatic carbocycles. The van der Waals surface area contributed by atoms with Crippen LogP contribution in [0.1, 0.15) is 36.8 Å². The summed E-state index contributed by atoms with van der Waals surface area (Å²) in [5.41, 5.74) is 4.08. The average Bonchev–Trinajstić information content (AvgIpc) is 3.28. The van der Waals surface area contributed by atoms with Gasteiger partial charge in [0.05, 0.1) is 5.25 Å². The monoisotopic (exact) mass is 385 g/mol. The maximum absolute atomic E-state index is 12.7. The molecular formula is C18H28ClN3O2S. The lowest BCUT2D eigenvalue weighted by molar-refractivity contribution is 0.220. The first kappa shape index (κ1) is 19.0. The number of fused-ring (bicyclic) bond motifs is 1. The molecule has 0 aromatic heterocycles. The minimum absolute atomic E-state index is 0. The highest BCUT2D eigenvalue weighted by atomic mass is 35.5. The molecule has 2 saturated heterocycles. The van der Waals surface area contributed by atoms with Crippen molar-refractivity contribution in [2.75, 3.05) is 38.0 Å². The number of rotatable bonds is 4. The van der Waals surface area contributed by atoms with E-state index < -0.39 is 10.0 Å². The van der Waals surface area contributed by atoms with Crippen LogP contribution in [0.2, 0.25) is 0 Å². The number of benzene rings is 1. The smallest absolute Gasteiger partial charge is 0.217 e. The Labute approximate surface area is 157 Å². The third-order valence-corrected chi connectivity index (χ3v) is 8.11. The molecule has 0 amide bonds. The lowest BCUT2D eigenvalue weighted by atomic mass is 10.1. The number of piperidine rings is 1. The molecule has 1 aromatic rings. The van der Waals surface area contributed by atoms with E-state index in [4.69, 9.17) is 0 Å². The Morgan fingerprint density at radius 1 is 1.08 bits per heavy atom. The minimum atomic E-state index is -3.07.